The number of ether oxygens (including phenoxy) is 2. The number of thiocarbonyl (C=S) groups is 1. The number of nitrogens with one attached hydrogen (secondary N) is 1. The van der Waals surface area contributed by atoms with Crippen LogP contribution in [0.5, 0.6) is 11.5 Å². The first-order valence-electron chi connectivity index (χ1n) is 11.5. The van der Waals surface area contributed by atoms with Crippen molar-refractivity contribution in [2.75, 3.05) is 45.2 Å². The van der Waals surface area contributed by atoms with E-state index in [2.05, 4.69) is 39.4 Å². The minimum Gasteiger partial charge on any atom is -0.493 e. The molecule has 6 nitrogen and oxygen atoms in total. The van der Waals surface area contributed by atoms with E-state index in [-0.39, 0.29) is 12.5 Å². The highest BCUT2D eigenvalue weighted by molar-refractivity contribution is 7.80. The molecular formula is C27H27Cl2N3O3S. The van der Waals surface area contributed by atoms with E-state index in [0.717, 1.165) is 43.3 Å². The normalized spacial score (nSPS) is 13.8. The van der Waals surface area contributed by atoms with Gasteiger partial charge in [-0.1, -0.05) is 65.8 Å². The van der Waals surface area contributed by atoms with Gasteiger partial charge in [0, 0.05) is 54.0 Å². The molecule has 3 aromatic carbocycles. The first-order valence-corrected chi connectivity index (χ1v) is 12.7. The van der Waals surface area contributed by atoms with Crippen LogP contribution in [0.15, 0.2) is 66.7 Å². The minimum atomic E-state index is -0.344. The lowest BCUT2D eigenvalue weighted by Gasteiger charge is -2.36. The molecule has 0 aliphatic carbocycles. The Morgan fingerprint density at radius 3 is 2.31 bits per heavy atom. The van der Waals surface area contributed by atoms with Crippen LogP contribution in [0, 0.1) is 0 Å². The largest absolute Gasteiger partial charge is 0.493 e. The molecule has 1 saturated heterocycles. The fourth-order valence-corrected chi connectivity index (χ4v) is 4.86. The predicted molar refractivity (Wildman–Crippen MR) is 149 cm³/mol. The summed E-state index contributed by atoms with van der Waals surface area (Å²) < 4.78 is 11.2. The Balaban J connectivity index is 1.31. The summed E-state index contributed by atoms with van der Waals surface area (Å²) in [7, 11) is 1.56. The Bertz CT molecular complexity index is 1200. The molecule has 1 N–H and O–H groups in total. The van der Waals surface area contributed by atoms with Gasteiger partial charge in [-0.2, -0.15) is 0 Å². The molecule has 188 valence electrons. The van der Waals surface area contributed by atoms with Crippen molar-refractivity contribution < 1.29 is 14.3 Å². The van der Waals surface area contributed by atoms with E-state index in [0.29, 0.717) is 27.2 Å². The second-order valence-electron chi connectivity index (χ2n) is 8.41. The van der Waals surface area contributed by atoms with Crippen LogP contribution in [0.25, 0.3) is 0 Å². The van der Waals surface area contributed by atoms with Gasteiger partial charge in [-0.3, -0.25) is 9.69 Å². The lowest BCUT2D eigenvalue weighted by molar-refractivity contribution is -0.118. The number of hydrogen-bond donors (Lipinski definition) is 1. The van der Waals surface area contributed by atoms with Gasteiger partial charge < -0.3 is 19.7 Å². The molecule has 1 heterocycles. The molecule has 0 radical (unpaired) electrons. The van der Waals surface area contributed by atoms with Crippen molar-refractivity contribution in [3.8, 4) is 11.5 Å². The molecule has 1 amide bonds. The summed E-state index contributed by atoms with van der Waals surface area (Å²) in [5.41, 5.74) is 2.69. The third-order valence-electron chi connectivity index (χ3n) is 5.82. The summed E-state index contributed by atoms with van der Waals surface area (Å²) in [5.74, 6) is 0.621. The molecule has 0 aromatic heterocycles. The van der Waals surface area contributed by atoms with Crippen LogP contribution in [0.4, 0.5) is 5.69 Å². The summed E-state index contributed by atoms with van der Waals surface area (Å²) in [6.07, 6.45) is 0. The van der Waals surface area contributed by atoms with Crippen LogP contribution in [0.3, 0.4) is 0 Å². The lowest BCUT2D eigenvalue weighted by atomic mass is 10.1. The zero-order valence-electron chi connectivity index (χ0n) is 19.9. The summed E-state index contributed by atoms with van der Waals surface area (Å²) in [5, 5.41) is 3.59. The number of methoxy groups -OCH3 is 1. The van der Waals surface area contributed by atoms with Crippen molar-refractivity contribution in [2.24, 2.45) is 0 Å². The summed E-state index contributed by atoms with van der Waals surface area (Å²) in [6.45, 7) is 4.35. The van der Waals surface area contributed by atoms with Crippen molar-refractivity contribution in [3.63, 3.8) is 0 Å². The van der Waals surface area contributed by atoms with Crippen molar-refractivity contribution in [2.45, 2.75) is 6.54 Å². The predicted octanol–water partition coefficient (Wildman–Crippen LogP) is 5.51. The zero-order valence-corrected chi connectivity index (χ0v) is 22.2. The molecule has 36 heavy (non-hydrogen) atoms. The Hall–Kier alpha value is -2.84. The average Bonchev–Trinajstić information content (AvgIpc) is 2.87. The van der Waals surface area contributed by atoms with Gasteiger partial charge in [0.25, 0.3) is 5.91 Å². The third-order valence-corrected chi connectivity index (χ3v) is 6.75. The lowest BCUT2D eigenvalue weighted by Crippen LogP contribution is -2.48. The topological polar surface area (TPSA) is 54.0 Å². The van der Waals surface area contributed by atoms with E-state index in [1.807, 2.05) is 18.2 Å². The van der Waals surface area contributed by atoms with E-state index >= 15 is 0 Å². The maximum atomic E-state index is 12.3. The molecule has 0 saturated carbocycles. The van der Waals surface area contributed by atoms with Crippen LogP contribution in [0.1, 0.15) is 11.1 Å². The van der Waals surface area contributed by atoms with Gasteiger partial charge in [0.1, 0.15) is 4.99 Å². The molecule has 0 spiro atoms. The summed E-state index contributed by atoms with van der Waals surface area (Å²) in [4.78, 5) is 17.8. The number of hydrogen-bond acceptors (Lipinski definition) is 5. The van der Waals surface area contributed by atoms with Crippen molar-refractivity contribution in [3.05, 3.63) is 87.9 Å². The standard InChI is InChI=1S/C27H27Cl2N3O3S/c1-34-25-13-20(27(36)32-11-9-31(10-12-32)17-19-5-3-2-4-6-19)7-8-24(25)35-18-26(33)30-23-15-21(28)14-22(29)16-23/h2-8,13-16H,9-12,17-18H2,1H3,(H,30,33). The highest BCUT2D eigenvalue weighted by atomic mass is 35.5. The highest BCUT2D eigenvalue weighted by Crippen LogP contribution is 2.29. The summed E-state index contributed by atoms with van der Waals surface area (Å²) in [6, 6.07) is 20.8. The molecule has 9 heteroatoms. The van der Waals surface area contributed by atoms with Crippen LogP contribution >= 0.6 is 35.4 Å². The number of carbonyl (C=O) groups excluding carboxylic acids is 1. The monoisotopic (exact) mass is 543 g/mol. The number of anilines is 1. The Morgan fingerprint density at radius 1 is 0.944 bits per heavy atom. The maximum absolute atomic E-state index is 12.3. The number of carbonyl (C=O) groups is 1. The Morgan fingerprint density at radius 2 is 1.64 bits per heavy atom. The zero-order chi connectivity index (χ0) is 25.5. The van der Waals surface area contributed by atoms with E-state index < -0.39 is 0 Å². The molecule has 4 rings (SSSR count). The second kappa shape index (κ2) is 12.4. The number of nitrogens with zero attached hydrogens (tertiary/aromatic N) is 2. The molecule has 0 unspecified atom stereocenters. The fraction of sp³-hybridized carbons (Fsp3) is 0.259. The van der Waals surface area contributed by atoms with Crippen LogP contribution in [0.2, 0.25) is 10.0 Å². The minimum absolute atomic E-state index is 0.201. The van der Waals surface area contributed by atoms with Gasteiger partial charge in [-0.25, -0.2) is 0 Å². The van der Waals surface area contributed by atoms with Gasteiger partial charge in [0.2, 0.25) is 0 Å². The number of rotatable bonds is 8. The van der Waals surface area contributed by atoms with Crippen LogP contribution in [-0.2, 0) is 11.3 Å². The quantitative estimate of drug-likeness (QED) is 0.378. The van der Waals surface area contributed by atoms with Gasteiger partial charge >= 0.3 is 0 Å². The van der Waals surface area contributed by atoms with Gasteiger partial charge in [-0.15, -0.1) is 0 Å². The number of amides is 1. The van der Waals surface area contributed by atoms with Crippen LogP contribution < -0.4 is 14.8 Å². The van der Waals surface area contributed by atoms with E-state index in [4.69, 9.17) is 44.9 Å². The van der Waals surface area contributed by atoms with E-state index in [9.17, 15) is 4.79 Å². The van der Waals surface area contributed by atoms with E-state index in [1.54, 1.807) is 31.4 Å². The average molecular weight is 545 g/mol. The molecule has 1 aliphatic rings. The second-order valence-corrected chi connectivity index (χ2v) is 9.67. The fourth-order valence-electron chi connectivity index (χ4n) is 4.02. The molecular weight excluding hydrogens is 517 g/mol. The molecule has 0 bridgehead atoms. The number of piperazine rings is 1. The first kappa shape index (κ1) is 26.2. The Labute approximate surface area is 226 Å². The molecule has 0 atom stereocenters. The third kappa shape index (κ3) is 7.11. The van der Waals surface area contributed by atoms with Crippen molar-refractivity contribution in [1.29, 1.82) is 0 Å². The van der Waals surface area contributed by atoms with E-state index in [1.165, 1.54) is 5.56 Å². The first-order chi connectivity index (χ1) is 17.4. The number of halogens is 2. The highest BCUT2D eigenvalue weighted by Gasteiger charge is 2.21. The van der Waals surface area contributed by atoms with Crippen molar-refractivity contribution >= 4 is 52.0 Å². The summed E-state index contributed by atoms with van der Waals surface area (Å²) >= 11 is 17.8. The maximum Gasteiger partial charge on any atom is 0.262 e. The SMILES string of the molecule is COc1cc(C(=S)N2CCN(Cc3ccccc3)CC2)ccc1OCC(=O)Nc1cc(Cl)cc(Cl)c1. The number of benzene rings is 3. The van der Waals surface area contributed by atoms with Gasteiger partial charge in [0.05, 0.1) is 7.11 Å². The van der Waals surface area contributed by atoms with Gasteiger partial charge in [0.15, 0.2) is 18.1 Å². The smallest absolute Gasteiger partial charge is 0.262 e. The van der Waals surface area contributed by atoms with Crippen molar-refractivity contribution in [1.82, 2.24) is 9.80 Å². The van der Waals surface area contributed by atoms with Crippen LogP contribution in [-0.4, -0.2) is 60.6 Å². The molecule has 3 aromatic rings. The molecule has 1 aliphatic heterocycles. The van der Waals surface area contributed by atoms with Gasteiger partial charge in [-0.05, 0) is 42.0 Å². The molecule has 1 fully saturated rings. The Kier molecular flexibility index (Phi) is 9.04.